The standard InChI is InChI=1S/C18H19FN2O6S/c19-15-5-1-13(2-6-15)14-3-7-16(8-4-14)28(24,25)21-18(27-17(22)20-23)9-11-26-12-10-18/h1-8,21,23H,9-12H2,(H,20,22). The molecule has 0 saturated carbocycles. The molecule has 0 atom stereocenters. The molecule has 0 aliphatic carbocycles. The van der Waals surface area contributed by atoms with Crippen molar-refractivity contribution in [2.24, 2.45) is 0 Å². The average Bonchev–Trinajstić information content (AvgIpc) is 2.69. The molecule has 1 heterocycles. The molecular weight excluding hydrogens is 391 g/mol. The zero-order chi connectivity index (χ0) is 20.2. The van der Waals surface area contributed by atoms with Gasteiger partial charge in [-0.2, -0.15) is 4.72 Å². The SMILES string of the molecule is O=C(NO)OC1(NS(=O)(=O)c2ccc(-c3ccc(F)cc3)cc2)CCOCC1. The first-order valence-electron chi connectivity index (χ1n) is 8.44. The summed E-state index contributed by atoms with van der Waals surface area (Å²) in [5.41, 5.74) is 1.26. The third-order valence-electron chi connectivity index (χ3n) is 4.34. The Morgan fingerprint density at radius 1 is 1.04 bits per heavy atom. The predicted octanol–water partition coefficient (Wildman–Crippen LogP) is 2.39. The van der Waals surface area contributed by atoms with Gasteiger partial charge in [-0.05, 0) is 35.4 Å². The van der Waals surface area contributed by atoms with E-state index in [1.165, 1.54) is 29.7 Å². The van der Waals surface area contributed by atoms with Gasteiger partial charge in [0, 0.05) is 12.8 Å². The molecule has 2 aromatic carbocycles. The van der Waals surface area contributed by atoms with Crippen LogP contribution in [0.5, 0.6) is 0 Å². The van der Waals surface area contributed by atoms with Crippen LogP contribution in [-0.4, -0.2) is 38.7 Å². The van der Waals surface area contributed by atoms with Crippen LogP contribution in [0, 0.1) is 5.82 Å². The number of hydrogen-bond acceptors (Lipinski definition) is 6. The predicted molar refractivity (Wildman–Crippen MR) is 96.3 cm³/mol. The normalized spacial score (nSPS) is 16.4. The first kappa shape index (κ1) is 20.2. The van der Waals surface area contributed by atoms with Gasteiger partial charge in [-0.25, -0.2) is 23.1 Å². The summed E-state index contributed by atoms with van der Waals surface area (Å²) < 4.78 is 51.3. The van der Waals surface area contributed by atoms with Crippen LogP contribution >= 0.6 is 0 Å². The van der Waals surface area contributed by atoms with Gasteiger partial charge >= 0.3 is 6.09 Å². The summed E-state index contributed by atoms with van der Waals surface area (Å²) in [5, 5.41) is 8.69. The van der Waals surface area contributed by atoms with Crippen LogP contribution in [-0.2, 0) is 19.5 Å². The van der Waals surface area contributed by atoms with E-state index < -0.39 is 21.8 Å². The minimum absolute atomic E-state index is 0.0303. The Labute approximate surface area is 161 Å². The van der Waals surface area contributed by atoms with Gasteiger partial charge < -0.3 is 9.47 Å². The molecule has 1 aliphatic heterocycles. The molecule has 8 nitrogen and oxygen atoms in total. The molecule has 3 rings (SSSR count). The molecule has 3 N–H and O–H groups in total. The third kappa shape index (κ3) is 4.65. The number of carbonyl (C=O) groups excluding carboxylic acids is 1. The van der Waals surface area contributed by atoms with Gasteiger partial charge in [0.1, 0.15) is 5.82 Å². The number of sulfonamides is 1. The van der Waals surface area contributed by atoms with Crippen molar-refractivity contribution < 1.29 is 32.3 Å². The van der Waals surface area contributed by atoms with Crippen molar-refractivity contribution >= 4 is 16.1 Å². The molecule has 0 spiro atoms. The van der Waals surface area contributed by atoms with E-state index in [-0.39, 0.29) is 36.8 Å². The second kappa shape index (κ2) is 8.23. The van der Waals surface area contributed by atoms with Crippen molar-refractivity contribution in [1.29, 1.82) is 0 Å². The van der Waals surface area contributed by atoms with E-state index in [1.807, 2.05) is 0 Å². The first-order valence-corrected chi connectivity index (χ1v) is 9.93. The second-order valence-corrected chi connectivity index (χ2v) is 7.93. The Hall–Kier alpha value is -2.53. The second-order valence-electron chi connectivity index (χ2n) is 6.24. The molecule has 0 radical (unpaired) electrons. The topological polar surface area (TPSA) is 114 Å². The van der Waals surface area contributed by atoms with E-state index in [4.69, 9.17) is 14.7 Å². The average molecular weight is 410 g/mol. The fourth-order valence-electron chi connectivity index (χ4n) is 2.90. The van der Waals surface area contributed by atoms with Crippen LogP contribution in [0.2, 0.25) is 0 Å². The number of halogens is 1. The van der Waals surface area contributed by atoms with Crippen LogP contribution in [0.15, 0.2) is 53.4 Å². The lowest BCUT2D eigenvalue weighted by Crippen LogP contribution is -2.55. The Kier molecular flexibility index (Phi) is 5.94. The summed E-state index contributed by atoms with van der Waals surface area (Å²) in [6, 6.07) is 11.8. The number of nitrogens with one attached hydrogen (secondary N) is 2. The number of rotatable bonds is 5. The summed E-state index contributed by atoms with van der Waals surface area (Å²) in [4.78, 5) is 11.4. The highest BCUT2D eigenvalue weighted by molar-refractivity contribution is 7.89. The number of hydrogen-bond donors (Lipinski definition) is 3. The molecule has 2 aromatic rings. The Morgan fingerprint density at radius 3 is 2.11 bits per heavy atom. The van der Waals surface area contributed by atoms with E-state index in [0.717, 1.165) is 11.1 Å². The summed E-state index contributed by atoms with van der Waals surface area (Å²) in [7, 11) is -4.03. The van der Waals surface area contributed by atoms with Crippen LogP contribution in [0.3, 0.4) is 0 Å². The Balaban J connectivity index is 1.82. The van der Waals surface area contributed by atoms with Crippen molar-refractivity contribution in [2.75, 3.05) is 13.2 Å². The molecule has 0 unspecified atom stereocenters. The number of carbonyl (C=O) groups is 1. The number of hydroxylamine groups is 1. The van der Waals surface area contributed by atoms with Gasteiger partial charge in [-0.15, -0.1) is 0 Å². The molecule has 10 heteroatoms. The molecule has 0 bridgehead atoms. The zero-order valence-electron chi connectivity index (χ0n) is 14.7. The van der Waals surface area contributed by atoms with Gasteiger partial charge in [0.05, 0.1) is 18.1 Å². The highest BCUT2D eigenvalue weighted by atomic mass is 32.2. The van der Waals surface area contributed by atoms with Gasteiger partial charge in [0.15, 0.2) is 5.72 Å². The molecule has 1 aliphatic rings. The molecule has 1 amide bonds. The summed E-state index contributed by atoms with van der Waals surface area (Å²) >= 11 is 0. The van der Waals surface area contributed by atoms with Crippen LogP contribution in [0.25, 0.3) is 11.1 Å². The lowest BCUT2D eigenvalue weighted by Gasteiger charge is -2.36. The van der Waals surface area contributed by atoms with Crippen LogP contribution < -0.4 is 10.2 Å². The minimum Gasteiger partial charge on any atom is -0.425 e. The lowest BCUT2D eigenvalue weighted by atomic mass is 10.1. The van der Waals surface area contributed by atoms with Crippen molar-refractivity contribution in [3.05, 3.63) is 54.3 Å². The van der Waals surface area contributed by atoms with E-state index >= 15 is 0 Å². The van der Waals surface area contributed by atoms with Crippen molar-refractivity contribution in [3.63, 3.8) is 0 Å². The van der Waals surface area contributed by atoms with Crippen molar-refractivity contribution in [2.45, 2.75) is 23.5 Å². The van der Waals surface area contributed by atoms with E-state index in [0.29, 0.717) is 0 Å². The minimum atomic E-state index is -4.03. The quantitative estimate of drug-likeness (QED) is 0.396. The lowest BCUT2D eigenvalue weighted by molar-refractivity contribution is -0.0848. The van der Waals surface area contributed by atoms with E-state index in [1.54, 1.807) is 24.3 Å². The largest absolute Gasteiger partial charge is 0.432 e. The fraction of sp³-hybridized carbons (Fsp3) is 0.278. The molecule has 28 heavy (non-hydrogen) atoms. The highest BCUT2D eigenvalue weighted by Gasteiger charge is 2.40. The molecule has 1 fully saturated rings. The monoisotopic (exact) mass is 410 g/mol. The Bertz CT molecular complexity index is 926. The molecule has 150 valence electrons. The smallest absolute Gasteiger partial charge is 0.425 e. The zero-order valence-corrected chi connectivity index (χ0v) is 15.5. The van der Waals surface area contributed by atoms with E-state index in [2.05, 4.69) is 4.72 Å². The van der Waals surface area contributed by atoms with E-state index in [9.17, 15) is 17.6 Å². The van der Waals surface area contributed by atoms with Gasteiger partial charge in [-0.1, -0.05) is 24.3 Å². The Morgan fingerprint density at radius 2 is 1.57 bits per heavy atom. The third-order valence-corrected chi connectivity index (χ3v) is 5.88. The van der Waals surface area contributed by atoms with Crippen molar-refractivity contribution in [1.82, 2.24) is 10.2 Å². The van der Waals surface area contributed by atoms with Gasteiger partial charge in [0.2, 0.25) is 10.0 Å². The number of ether oxygens (including phenoxy) is 2. The maximum atomic E-state index is 13.0. The summed E-state index contributed by atoms with van der Waals surface area (Å²) in [6.45, 7) is 0.371. The summed E-state index contributed by atoms with van der Waals surface area (Å²) in [6.07, 6.45) is -0.989. The van der Waals surface area contributed by atoms with Crippen molar-refractivity contribution in [3.8, 4) is 11.1 Å². The van der Waals surface area contributed by atoms with Crippen LogP contribution in [0.1, 0.15) is 12.8 Å². The number of amides is 1. The summed E-state index contributed by atoms with van der Waals surface area (Å²) in [5.74, 6) is -0.360. The van der Waals surface area contributed by atoms with Crippen LogP contribution in [0.4, 0.5) is 9.18 Å². The van der Waals surface area contributed by atoms with Gasteiger partial charge in [0.25, 0.3) is 0 Å². The molecule has 1 saturated heterocycles. The number of benzene rings is 2. The highest BCUT2D eigenvalue weighted by Crippen LogP contribution is 2.27. The molecular formula is C18H19FN2O6S. The van der Waals surface area contributed by atoms with Gasteiger partial charge in [-0.3, -0.25) is 5.21 Å². The maximum Gasteiger partial charge on any atom is 0.432 e. The maximum absolute atomic E-state index is 13.0. The first-order chi connectivity index (χ1) is 13.3. The molecule has 0 aromatic heterocycles. The fourth-order valence-corrected chi connectivity index (χ4v) is 4.25.